The number of fused-ring (bicyclic) bond motifs is 1. The number of anilines is 1. The van der Waals surface area contributed by atoms with Gasteiger partial charge in [-0.2, -0.15) is 4.98 Å². The van der Waals surface area contributed by atoms with E-state index in [1.54, 1.807) is 29.8 Å². The van der Waals surface area contributed by atoms with E-state index in [0.29, 0.717) is 22.8 Å². The Morgan fingerprint density at radius 2 is 2.06 bits per heavy atom. The third-order valence-corrected chi connectivity index (χ3v) is 6.31. The van der Waals surface area contributed by atoms with Crippen LogP contribution >= 0.6 is 11.8 Å². The van der Waals surface area contributed by atoms with Crippen molar-refractivity contribution in [1.82, 2.24) is 14.5 Å². The first kappa shape index (κ1) is 21.2. The van der Waals surface area contributed by atoms with Crippen LogP contribution in [0.1, 0.15) is 35.4 Å². The summed E-state index contributed by atoms with van der Waals surface area (Å²) in [6.07, 6.45) is 5.39. The summed E-state index contributed by atoms with van der Waals surface area (Å²) in [5.41, 5.74) is 3.45. The molecule has 31 heavy (non-hydrogen) atoms. The minimum atomic E-state index is -0.363. The molecule has 0 fully saturated rings. The quantitative estimate of drug-likeness (QED) is 0.469. The number of hydrogen-bond acceptors (Lipinski definition) is 5. The highest BCUT2D eigenvalue weighted by Crippen LogP contribution is 2.28. The monoisotopic (exact) mass is 438 g/mol. The molecule has 160 valence electrons. The number of aromatic nitrogens is 3. The van der Waals surface area contributed by atoms with Crippen molar-refractivity contribution < 1.29 is 9.18 Å². The number of carbonyl (C=O) groups excluding carboxylic acids is 1. The highest BCUT2D eigenvalue weighted by Gasteiger charge is 2.21. The average Bonchev–Trinajstić information content (AvgIpc) is 2.78. The van der Waals surface area contributed by atoms with E-state index in [9.17, 15) is 14.0 Å². The van der Waals surface area contributed by atoms with Gasteiger partial charge in [0.15, 0.2) is 0 Å². The molecule has 3 aromatic rings. The molecule has 6 nitrogen and oxygen atoms in total. The van der Waals surface area contributed by atoms with Gasteiger partial charge in [0.05, 0.1) is 18.0 Å². The van der Waals surface area contributed by atoms with Crippen molar-refractivity contribution in [3.63, 3.8) is 0 Å². The lowest BCUT2D eigenvalue weighted by atomic mass is 9.97. The fraction of sp³-hybridized carbons (Fsp3) is 0.304. The van der Waals surface area contributed by atoms with Gasteiger partial charge >= 0.3 is 5.69 Å². The van der Waals surface area contributed by atoms with Crippen LogP contribution in [0.4, 0.5) is 10.1 Å². The number of hydrogen-bond donors (Lipinski definition) is 1. The van der Waals surface area contributed by atoms with Crippen LogP contribution in [0.15, 0.2) is 52.4 Å². The van der Waals surface area contributed by atoms with Crippen molar-refractivity contribution in [2.75, 3.05) is 11.1 Å². The topological polar surface area (TPSA) is 76.9 Å². The number of pyridine rings is 1. The summed E-state index contributed by atoms with van der Waals surface area (Å²) >= 11 is 1.25. The Bertz CT molecular complexity index is 1160. The standard InChI is InChI=1S/C23H23FN4O2S/c1-15-9-10-16(12-19(15)24)26-21(29)14-31-22-18-7-2-3-8-20(18)28(23(30)27-22)13-17-6-4-5-11-25-17/h4-6,9-12H,2-3,7-8,13-14H2,1H3,(H,26,29). The van der Waals surface area contributed by atoms with Crippen LogP contribution < -0.4 is 11.0 Å². The average molecular weight is 439 g/mol. The van der Waals surface area contributed by atoms with Gasteiger partial charge in [0.1, 0.15) is 10.8 Å². The van der Waals surface area contributed by atoms with Crippen LogP contribution in [0, 0.1) is 12.7 Å². The molecule has 8 heteroatoms. The van der Waals surface area contributed by atoms with Crippen molar-refractivity contribution in [2.24, 2.45) is 0 Å². The first-order valence-corrected chi connectivity index (χ1v) is 11.2. The number of thioether (sulfide) groups is 1. The third-order valence-electron chi connectivity index (χ3n) is 5.29. The number of aryl methyl sites for hydroxylation is 1. The van der Waals surface area contributed by atoms with E-state index < -0.39 is 0 Å². The largest absolute Gasteiger partial charge is 0.349 e. The molecule has 0 bridgehead atoms. The normalized spacial score (nSPS) is 13.0. The Morgan fingerprint density at radius 3 is 2.84 bits per heavy atom. The van der Waals surface area contributed by atoms with E-state index in [4.69, 9.17) is 0 Å². The molecule has 0 radical (unpaired) electrons. The lowest BCUT2D eigenvalue weighted by molar-refractivity contribution is -0.113. The summed E-state index contributed by atoms with van der Waals surface area (Å²) in [5.74, 6) is -0.534. The zero-order chi connectivity index (χ0) is 21.8. The number of amides is 1. The molecule has 0 saturated carbocycles. The maximum Gasteiger partial charge on any atom is 0.349 e. The van der Waals surface area contributed by atoms with Gasteiger partial charge in [-0.25, -0.2) is 9.18 Å². The second-order valence-corrected chi connectivity index (χ2v) is 8.50. The molecule has 1 aliphatic rings. The number of halogens is 1. The van der Waals surface area contributed by atoms with Crippen molar-refractivity contribution in [1.29, 1.82) is 0 Å². The van der Waals surface area contributed by atoms with Gasteiger partial charge in [-0.05, 0) is 62.4 Å². The number of benzene rings is 1. The highest BCUT2D eigenvalue weighted by molar-refractivity contribution is 8.00. The number of rotatable bonds is 6. The summed E-state index contributed by atoms with van der Waals surface area (Å²) in [5, 5.41) is 3.31. The van der Waals surface area contributed by atoms with Crippen LogP contribution in [0.25, 0.3) is 0 Å². The zero-order valence-corrected chi connectivity index (χ0v) is 18.0. The summed E-state index contributed by atoms with van der Waals surface area (Å²) in [6, 6.07) is 10.2. The van der Waals surface area contributed by atoms with Crippen molar-refractivity contribution in [3.05, 3.63) is 81.4 Å². The van der Waals surface area contributed by atoms with Crippen LogP contribution in [0.3, 0.4) is 0 Å². The summed E-state index contributed by atoms with van der Waals surface area (Å²) in [6.45, 7) is 2.06. The Kier molecular flexibility index (Phi) is 6.46. The zero-order valence-electron chi connectivity index (χ0n) is 17.2. The summed E-state index contributed by atoms with van der Waals surface area (Å²) in [4.78, 5) is 33.8. The molecule has 0 unspecified atom stereocenters. The predicted octanol–water partition coefficient (Wildman–Crippen LogP) is 3.74. The van der Waals surface area contributed by atoms with Crippen molar-refractivity contribution >= 4 is 23.4 Å². The van der Waals surface area contributed by atoms with Gasteiger partial charge in [0, 0.05) is 23.1 Å². The summed E-state index contributed by atoms with van der Waals surface area (Å²) < 4.78 is 15.4. The van der Waals surface area contributed by atoms with Gasteiger partial charge < -0.3 is 5.32 Å². The summed E-state index contributed by atoms with van der Waals surface area (Å²) in [7, 11) is 0. The molecule has 2 heterocycles. The first-order valence-electron chi connectivity index (χ1n) is 10.2. The SMILES string of the molecule is Cc1ccc(NC(=O)CSc2nc(=O)n(Cc3ccccn3)c3c2CCCC3)cc1F. The van der Waals surface area contributed by atoms with Crippen LogP contribution in [-0.4, -0.2) is 26.2 Å². The van der Waals surface area contributed by atoms with Crippen molar-refractivity contribution in [3.8, 4) is 0 Å². The van der Waals surface area contributed by atoms with E-state index in [1.807, 2.05) is 18.2 Å². The molecule has 1 aliphatic carbocycles. The molecule has 0 saturated heterocycles. The van der Waals surface area contributed by atoms with Gasteiger partial charge in [0.2, 0.25) is 5.91 Å². The molecular formula is C23H23FN4O2S. The minimum Gasteiger partial charge on any atom is -0.325 e. The molecule has 0 aliphatic heterocycles. The number of carbonyl (C=O) groups is 1. The molecule has 4 rings (SSSR count). The van der Waals surface area contributed by atoms with E-state index in [-0.39, 0.29) is 23.2 Å². The lowest BCUT2D eigenvalue weighted by Gasteiger charge is -2.22. The molecule has 1 N–H and O–H groups in total. The van der Waals surface area contributed by atoms with Crippen LogP contribution in [-0.2, 0) is 24.2 Å². The van der Waals surface area contributed by atoms with Crippen LogP contribution in [0.5, 0.6) is 0 Å². The van der Waals surface area contributed by atoms with Gasteiger partial charge in [0.25, 0.3) is 0 Å². The third kappa shape index (κ3) is 5.02. The van der Waals surface area contributed by atoms with E-state index in [2.05, 4.69) is 15.3 Å². The van der Waals surface area contributed by atoms with Crippen molar-refractivity contribution in [2.45, 2.75) is 44.2 Å². The Hall–Kier alpha value is -3.00. The lowest BCUT2D eigenvalue weighted by Crippen LogP contribution is -2.31. The van der Waals surface area contributed by atoms with Crippen LogP contribution in [0.2, 0.25) is 0 Å². The van der Waals surface area contributed by atoms with E-state index in [0.717, 1.165) is 42.6 Å². The van der Waals surface area contributed by atoms with E-state index >= 15 is 0 Å². The Labute approximate surface area is 183 Å². The predicted molar refractivity (Wildman–Crippen MR) is 119 cm³/mol. The minimum absolute atomic E-state index is 0.0959. The second kappa shape index (κ2) is 9.43. The Balaban J connectivity index is 1.52. The fourth-order valence-corrected chi connectivity index (χ4v) is 4.56. The second-order valence-electron chi connectivity index (χ2n) is 7.54. The van der Waals surface area contributed by atoms with Gasteiger partial charge in [-0.15, -0.1) is 0 Å². The molecular weight excluding hydrogens is 415 g/mol. The first-order chi connectivity index (χ1) is 15.0. The Morgan fingerprint density at radius 1 is 1.23 bits per heavy atom. The fourth-order valence-electron chi connectivity index (χ4n) is 3.69. The van der Waals surface area contributed by atoms with Gasteiger partial charge in [-0.1, -0.05) is 23.9 Å². The molecule has 1 amide bonds. The molecule has 0 atom stereocenters. The highest BCUT2D eigenvalue weighted by atomic mass is 32.2. The maximum absolute atomic E-state index is 13.7. The maximum atomic E-state index is 13.7. The number of nitrogens with zero attached hydrogens (tertiary/aromatic N) is 3. The smallest absolute Gasteiger partial charge is 0.325 e. The molecule has 0 spiro atoms. The number of nitrogens with one attached hydrogen (secondary N) is 1. The molecule has 1 aromatic carbocycles. The van der Waals surface area contributed by atoms with E-state index in [1.165, 1.54) is 17.8 Å². The molecule has 2 aromatic heterocycles. The van der Waals surface area contributed by atoms with Gasteiger partial charge in [-0.3, -0.25) is 14.3 Å².